The number of hydrogen-bond acceptors (Lipinski definition) is 5. The van der Waals surface area contributed by atoms with E-state index in [1.54, 1.807) is 6.20 Å². The van der Waals surface area contributed by atoms with Crippen LogP contribution in [0, 0.1) is 6.92 Å². The molecular formula is C16H22N4O. The van der Waals surface area contributed by atoms with Gasteiger partial charge in [0.1, 0.15) is 6.61 Å². The van der Waals surface area contributed by atoms with Gasteiger partial charge in [-0.15, -0.1) is 0 Å². The van der Waals surface area contributed by atoms with E-state index in [1.807, 2.05) is 12.1 Å². The number of unbranched alkanes of at least 4 members (excludes halogenated alkanes) is 1. The normalized spacial score (nSPS) is 10.4. The quantitative estimate of drug-likeness (QED) is 0.765. The molecule has 0 unspecified atom stereocenters. The van der Waals surface area contributed by atoms with Gasteiger partial charge in [0.05, 0.1) is 6.20 Å². The fourth-order valence-electron chi connectivity index (χ4n) is 1.93. The van der Waals surface area contributed by atoms with Crippen molar-refractivity contribution in [2.24, 2.45) is 0 Å². The van der Waals surface area contributed by atoms with Crippen molar-refractivity contribution in [3.63, 3.8) is 0 Å². The van der Waals surface area contributed by atoms with Crippen LogP contribution in [-0.4, -0.2) is 16.5 Å². The van der Waals surface area contributed by atoms with Crippen LogP contribution in [0.15, 0.2) is 30.5 Å². The average Bonchev–Trinajstić information content (AvgIpc) is 2.48. The van der Waals surface area contributed by atoms with Crippen molar-refractivity contribution in [3.8, 4) is 5.75 Å². The predicted molar refractivity (Wildman–Crippen MR) is 85.4 cm³/mol. The van der Waals surface area contributed by atoms with Crippen molar-refractivity contribution < 1.29 is 4.74 Å². The summed E-state index contributed by atoms with van der Waals surface area (Å²) in [4.78, 5) is 8.21. The highest BCUT2D eigenvalue weighted by Gasteiger charge is 2.08. The number of aromatic nitrogens is 2. The lowest BCUT2D eigenvalue weighted by Gasteiger charge is -2.13. The number of nitrogens with two attached hydrogens (primary N) is 1. The third-order valence-electron chi connectivity index (χ3n) is 3.24. The van der Waals surface area contributed by atoms with Crippen molar-refractivity contribution in [2.75, 3.05) is 17.6 Å². The topological polar surface area (TPSA) is 73.1 Å². The van der Waals surface area contributed by atoms with Crippen molar-refractivity contribution in [3.05, 3.63) is 41.6 Å². The summed E-state index contributed by atoms with van der Waals surface area (Å²) in [6.07, 6.45) is 3.81. The maximum atomic E-state index is 5.85. The smallest absolute Gasteiger partial charge is 0.222 e. The molecule has 0 amide bonds. The Morgan fingerprint density at radius 2 is 2.10 bits per heavy atom. The van der Waals surface area contributed by atoms with E-state index in [9.17, 15) is 0 Å². The first-order valence-corrected chi connectivity index (χ1v) is 7.24. The monoisotopic (exact) mass is 286 g/mol. The molecule has 5 nitrogen and oxygen atoms in total. The number of hydrogen-bond donors (Lipinski definition) is 2. The minimum Gasteiger partial charge on any atom is -0.483 e. The van der Waals surface area contributed by atoms with E-state index in [1.165, 1.54) is 5.56 Å². The summed E-state index contributed by atoms with van der Waals surface area (Å²) in [6, 6.07) is 8.14. The number of benzene rings is 1. The number of rotatable bonds is 7. The molecule has 0 aliphatic carbocycles. The van der Waals surface area contributed by atoms with Gasteiger partial charge in [-0.3, -0.25) is 0 Å². The Morgan fingerprint density at radius 1 is 1.29 bits per heavy atom. The first kappa shape index (κ1) is 15.1. The third kappa shape index (κ3) is 4.34. The van der Waals surface area contributed by atoms with Gasteiger partial charge in [0, 0.05) is 6.54 Å². The zero-order valence-electron chi connectivity index (χ0n) is 12.6. The van der Waals surface area contributed by atoms with Crippen LogP contribution in [-0.2, 0) is 6.61 Å². The Bertz CT molecular complexity index is 586. The number of ether oxygens (including phenoxy) is 1. The van der Waals surface area contributed by atoms with E-state index in [2.05, 4.69) is 41.3 Å². The molecule has 21 heavy (non-hydrogen) atoms. The van der Waals surface area contributed by atoms with Crippen LogP contribution < -0.4 is 15.8 Å². The first-order valence-electron chi connectivity index (χ1n) is 7.24. The van der Waals surface area contributed by atoms with E-state index < -0.39 is 0 Å². The van der Waals surface area contributed by atoms with Gasteiger partial charge in [-0.05, 0) is 24.5 Å². The molecular weight excluding hydrogens is 264 g/mol. The third-order valence-corrected chi connectivity index (χ3v) is 3.24. The van der Waals surface area contributed by atoms with Crippen LogP contribution in [0.4, 0.5) is 11.8 Å². The first-order chi connectivity index (χ1) is 10.2. The molecule has 0 aliphatic heterocycles. The van der Waals surface area contributed by atoms with E-state index in [0.29, 0.717) is 18.2 Å². The van der Waals surface area contributed by atoms with Crippen molar-refractivity contribution in [2.45, 2.75) is 33.3 Å². The van der Waals surface area contributed by atoms with Gasteiger partial charge in [0.2, 0.25) is 5.95 Å². The molecule has 112 valence electrons. The minimum absolute atomic E-state index is 0.247. The lowest BCUT2D eigenvalue weighted by molar-refractivity contribution is 0.304. The Labute approximate surface area is 125 Å². The number of nitrogens with one attached hydrogen (secondary N) is 1. The highest BCUT2D eigenvalue weighted by molar-refractivity contribution is 5.51. The van der Waals surface area contributed by atoms with Crippen LogP contribution in [0.25, 0.3) is 0 Å². The summed E-state index contributed by atoms with van der Waals surface area (Å²) >= 11 is 0. The van der Waals surface area contributed by atoms with Crippen molar-refractivity contribution in [1.82, 2.24) is 9.97 Å². The Kier molecular flexibility index (Phi) is 5.37. The van der Waals surface area contributed by atoms with Crippen LogP contribution in [0.2, 0.25) is 0 Å². The molecule has 0 radical (unpaired) electrons. The molecule has 0 aliphatic rings. The summed E-state index contributed by atoms with van der Waals surface area (Å²) in [5.41, 5.74) is 8.00. The van der Waals surface area contributed by atoms with E-state index in [0.717, 1.165) is 24.9 Å². The standard InChI is InChI=1S/C16H22N4O/c1-3-4-9-18-15-14(10-19-16(17)20-15)21-11-13-8-6-5-7-12(13)2/h5-8,10H,3-4,9,11H2,1-2H3,(H3,17,18,19,20). The van der Waals surface area contributed by atoms with E-state index >= 15 is 0 Å². The molecule has 0 atom stereocenters. The molecule has 5 heteroatoms. The summed E-state index contributed by atoms with van der Waals surface area (Å²) < 4.78 is 5.85. The Hall–Kier alpha value is -2.30. The second kappa shape index (κ2) is 7.47. The van der Waals surface area contributed by atoms with E-state index in [-0.39, 0.29) is 5.95 Å². The molecule has 0 saturated carbocycles. The van der Waals surface area contributed by atoms with Crippen molar-refractivity contribution >= 4 is 11.8 Å². The second-order valence-corrected chi connectivity index (χ2v) is 4.94. The number of aryl methyl sites for hydroxylation is 1. The summed E-state index contributed by atoms with van der Waals surface area (Å²) in [6.45, 7) is 5.54. The lowest BCUT2D eigenvalue weighted by atomic mass is 10.1. The fourth-order valence-corrected chi connectivity index (χ4v) is 1.93. The molecule has 0 spiro atoms. The second-order valence-electron chi connectivity index (χ2n) is 4.94. The molecule has 1 heterocycles. The summed E-state index contributed by atoms with van der Waals surface area (Å²) in [5.74, 6) is 1.53. The average molecular weight is 286 g/mol. The number of anilines is 2. The van der Waals surface area contributed by atoms with Gasteiger partial charge in [-0.2, -0.15) is 4.98 Å². The molecule has 0 fully saturated rings. The van der Waals surface area contributed by atoms with Gasteiger partial charge in [0.25, 0.3) is 0 Å². The van der Waals surface area contributed by atoms with Gasteiger partial charge in [-0.25, -0.2) is 4.98 Å². The van der Waals surface area contributed by atoms with E-state index in [4.69, 9.17) is 10.5 Å². The Morgan fingerprint density at radius 3 is 2.86 bits per heavy atom. The molecule has 3 N–H and O–H groups in total. The Balaban J connectivity index is 2.06. The van der Waals surface area contributed by atoms with Crippen LogP contribution in [0.1, 0.15) is 30.9 Å². The maximum Gasteiger partial charge on any atom is 0.222 e. The molecule has 0 bridgehead atoms. The van der Waals surface area contributed by atoms with Crippen molar-refractivity contribution in [1.29, 1.82) is 0 Å². The molecule has 2 aromatic rings. The maximum absolute atomic E-state index is 5.85. The zero-order valence-corrected chi connectivity index (χ0v) is 12.6. The largest absolute Gasteiger partial charge is 0.483 e. The summed E-state index contributed by atoms with van der Waals surface area (Å²) in [7, 11) is 0. The molecule has 2 rings (SSSR count). The molecule has 1 aromatic carbocycles. The summed E-state index contributed by atoms with van der Waals surface area (Å²) in [5, 5.41) is 3.25. The van der Waals surface area contributed by atoms with Crippen LogP contribution in [0.5, 0.6) is 5.75 Å². The van der Waals surface area contributed by atoms with Gasteiger partial charge < -0.3 is 15.8 Å². The van der Waals surface area contributed by atoms with Gasteiger partial charge in [0.15, 0.2) is 11.6 Å². The zero-order chi connectivity index (χ0) is 15.1. The van der Waals surface area contributed by atoms with Crippen LogP contribution >= 0.6 is 0 Å². The van der Waals surface area contributed by atoms with Crippen LogP contribution in [0.3, 0.4) is 0 Å². The fraction of sp³-hybridized carbons (Fsp3) is 0.375. The minimum atomic E-state index is 0.247. The predicted octanol–water partition coefficient (Wildman–Crippen LogP) is 3.16. The highest BCUT2D eigenvalue weighted by atomic mass is 16.5. The highest BCUT2D eigenvalue weighted by Crippen LogP contribution is 2.23. The SMILES string of the molecule is CCCCNc1nc(N)ncc1OCc1ccccc1C. The molecule has 0 saturated heterocycles. The molecule has 1 aromatic heterocycles. The number of nitrogen functional groups attached to an aromatic ring is 1. The van der Waals surface area contributed by atoms with Gasteiger partial charge in [-0.1, -0.05) is 37.6 Å². The van der Waals surface area contributed by atoms with Gasteiger partial charge >= 0.3 is 0 Å². The lowest BCUT2D eigenvalue weighted by Crippen LogP contribution is -2.08. The number of nitrogens with zero attached hydrogens (tertiary/aromatic N) is 2.